The third-order valence-electron chi connectivity index (χ3n) is 1.18. The molecule has 0 aliphatic carbocycles. The van der Waals surface area contributed by atoms with Gasteiger partial charge in [0, 0.05) is 0 Å². The van der Waals surface area contributed by atoms with Crippen LogP contribution < -0.4 is 0 Å². The normalized spacial score (nSPS) is 10.5. The van der Waals surface area contributed by atoms with E-state index in [9.17, 15) is 12.3 Å². The Bertz CT molecular complexity index is 397. The molecule has 0 aromatic carbocycles. The van der Waals surface area contributed by atoms with Gasteiger partial charge in [0.05, 0.1) is 0 Å². The van der Waals surface area contributed by atoms with Crippen LogP contribution >= 0.6 is 11.3 Å². The van der Waals surface area contributed by atoms with Gasteiger partial charge in [0.2, 0.25) is 0 Å². The molecule has 0 N–H and O–H groups in total. The smallest absolute Gasteiger partial charge is 0.188 e. The minimum absolute atomic E-state index is 0.302. The molecule has 13 heavy (non-hydrogen) atoms. The molecule has 0 saturated heterocycles. The lowest BCUT2D eigenvalue weighted by Crippen LogP contribution is -1.86. The van der Waals surface area contributed by atoms with Crippen LogP contribution in [0.4, 0.5) is 3.89 Å². The summed E-state index contributed by atoms with van der Waals surface area (Å²) in [4.78, 5) is 0. The SMILES string of the molecule is O=S(=O)(F)c1cccccccs1. The van der Waals surface area contributed by atoms with Crippen molar-refractivity contribution >= 4 is 21.6 Å². The lowest BCUT2D eigenvalue weighted by molar-refractivity contribution is 0.554. The summed E-state index contributed by atoms with van der Waals surface area (Å²) in [6.45, 7) is 0. The minimum Gasteiger partial charge on any atom is -0.188 e. The average molecular weight is 218 g/mol. The molecular formula is C8H7FO2S2. The number of rotatable bonds is 1. The molecule has 0 aliphatic rings. The molecule has 1 aromatic heterocycles. The van der Waals surface area contributed by atoms with Crippen molar-refractivity contribution in [3.05, 3.63) is 41.8 Å². The molecule has 70 valence electrons. The van der Waals surface area contributed by atoms with Crippen molar-refractivity contribution in [2.24, 2.45) is 0 Å². The highest BCUT2D eigenvalue weighted by Gasteiger charge is 2.09. The van der Waals surface area contributed by atoms with Crippen molar-refractivity contribution < 1.29 is 12.3 Å². The Labute approximate surface area is 80.2 Å². The fourth-order valence-corrected chi connectivity index (χ4v) is 1.98. The van der Waals surface area contributed by atoms with Crippen molar-refractivity contribution in [1.82, 2.24) is 0 Å². The molecular weight excluding hydrogens is 211 g/mol. The van der Waals surface area contributed by atoms with Crippen molar-refractivity contribution in [3.63, 3.8) is 0 Å². The Morgan fingerprint density at radius 3 is 2.38 bits per heavy atom. The highest BCUT2D eigenvalue weighted by Crippen LogP contribution is 2.14. The van der Waals surface area contributed by atoms with Gasteiger partial charge in [0.1, 0.15) is 0 Å². The summed E-state index contributed by atoms with van der Waals surface area (Å²) < 4.78 is 33.3. The van der Waals surface area contributed by atoms with Crippen LogP contribution in [0.3, 0.4) is 0 Å². The molecule has 0 amide bonds. The monoisotopic (exact) mass is 218 g/mol. The molecule has 0 atom stereocenters. The van der Waals surface area contributed by atoms with Gasteiger partial charge in [-0.15, -0.1) is 11.3 Å². The summed E-state index contributed by atoms with van der Waals surface area (Å²) in [5.41, 5.74) is 0. The van der Waals surface area contributed by atoms with Crippen molar-refractivity contribution in [2.75, 3.05) is 0 Å². The summed E-state index contributed by atoms with van der Waals surface area (Å²) in [5, 5.41) is 1.51. The molecule has 0 unspecified atom stereocenters. The first kappa shape index (κ1) is 10.1. The molecule has 2 nitrogen and oxygen atoms in total. The average Bonchev–Trinajstić information content (AvgIpc) is 2.14. The number of hydrogen-bond donors (Lipinski definition) is 0. The summed E-state index contributed by atoms with van der Waals surface area (Å²) in [6, 6.07) is 9.41. The molecule has 0 saturated carbocycles. The van der Waals surface area contributed by atoms with Gasteiger partial charge in [-0.3, -0.25) is 0 Å². The summed E-state index contributed by atoms with van der Waals surface area (Å²) >= 11 is 0.833. The van der Waals surface area contributed by atoms with E-state index in [2.05, 4.69) is 0 Å². The largest absolute Gasteiger partial charge is 0.341 e. The van der Waals surface area contributed by atoms with E-state index in [1.165, 1.54) is 17.5 Å². The molecule has 0 bridgehead atoms. The van der Waals surface area contributed by atoms with E-state index in [1.54, 1.807) is 24.3 Å². The van der Waals surface area contributed by atoms with Gasteiger partial charge in [0.15, 0.2) is 4.21 Å². The van der Waals surface area contributed by atoms with E-state index in [4.69, 9.17) is 0 Å². The van der Waals surface area contributed by atoms with Crippen LogP contribution in [0.2, 0.25) is 0 Å². The Hall–Kier alpha value is -0.940. The zero-order valence-corrected chi connectivity index (χ0v) is 8.19. The van der Waals surface area contributed by atoms with Gasteiger partial charge >= 0.3 is 10.2 Å². The van der Waals surface area contributed by atoms with Gasteiger partial charge in [-0.05, 0) is 11.4 Å². The first-order chi connectivity index (χ1) is 6.11. The quantitative estimate of drug-likeness (QED) is 0.679. The standard InChI is InChI=1S/C8H7FO2S2/c9-13(10,11)8-6-4-2-1-3-5-7-12-8/h1-7H. The topological polar surface area (TPSA) is 34.1 Å². The summed E-state index contributed by atoms with van der Waals surface area (Å²) in [7, 11) is -4.59. The van der Waals surface area contributed by atoms with Crippen LogP contribution in [-0.4, -0.2) is 8.42 Å². The number of halogens is 1. The first-order valence-electron chi connectivity index (χ1n) is 3.42. The molecule has 0 fully saturated rings. The van der Waals surface area contributed by atoms with Gasteiger partial charge < -0.3 is 0 Å². The van der Waals surface area contributed by atoms with Crippen LogP contribution in [-0.2, 0) is 10.2 Å². The van der Waals surface area contributed by atoms with Gasteiger partial charge in [0.25, 0.3) is 0 Å². The molecule has 1 aromatic rings. The van der Waals surface area contributed by atoms with E-state index >= 15 is 0 Å². The van der Waals surface area contributed by atoms with Crippen LogP contribution in [0.15, 0.2) is 46.0 Å². The van der Waals surface area contributed by atoms with Crippen molar-refractivity contribution in [3.8, 4) is 0 Å². The second-order valence-electron chi connectivity index (χ2n) is 2.14. The lowest BCUT2D eigenvalue weighted by atomic mass is 10.5. The zero-order valence-electron chi connectivity index (χ0n) is 6.55. The lowest BCUT2D eigenvalue weighted by Gasteiger charge is -1.85. The predicted octanol–water partition coefficient (Wildman–Crippen LogP) is 2.53. The van der Waals surface area contributed by atoms with Crippen LogP contribution in [0, 0.1) is 0 Å². The van der Waals surface area contributed by atoms with E-state index in [0.29, 0.717) is 0 Å². The minimum atomic E-state index is -4.59. The Morgan fingerprint density at radius 1 is 1.08 bits per heavy atom. The van der Waals surface area contributed by atoms with E-state index < -0.39 is 10.2 Å². The molecule has 1 rings (SSSR count). The predicted molar refractivity (Wildman–Crippen MR) is 50.2 cm³/mol. The first-order valence-corrected chi connectivity index (χ1v) is 5.68. The highest BCUT2D eigenvalue weighted by molar-refractivity contribution is 7.88. The molecule has 1 heterocycles. The molecule has 0 aliphatic heterocycles. The van der Waals surface area contributed by atoms with Crippen molar-refractivity contribution in [2.45, 2.75) is 4.21 Å². The Kier molecular flexibility index (Phi) is 3.39. The molecule has 0 spiro atoms. The fourth-order valence-electron chi connectivity index (χ4n) is 0.656. The maximum atomic E-state index is 12.5. The number of hydrogen-bond acceptors (Lipinski definition) is 3. The molecule has 0 radical (unpaired) electrons. The fraction of sp³-hybridized carbons (Fsp3) is 0. The zero-order chi connectivity index (χ0) is 9.73. The summed E-state index contributed by atoms with van der Waals surface area (Å²) in [6.07, 6.45) is 0. The summed E-state index contributed by atoms with van der Waals surface area (Å²) in [5.74, 6) is 0. The van der Waals surface area contributed by atoms with E-state index in [1.807, 2.05) is 0 Å². The third kappa shape index (κ3) is 3.52. The second kappa shape index (κ2) is 4.34. The van der Waals surface area contributed by atoms with Gasteiger partial charge in [-0.1, -0.05) is 34.2 Å². The van der Waals surface area contributed by atoms with Crippen LogP contribution in [0.1, 0.15) is 0 Å². The highest BCUT2D eigenvalue weighted by atomic mass is 32.3. The van der Waals surface area contributed by atoms with Crippen LogP contribution in [0.25, 0.3) is 0 Å². The third-order valence-corrected chi connectivity index (χ3v) is 3.34. The Balaban J connectivity index is 3.36. The molecule has 5 heteroatoms. The van der Waals surface area contributed by atoms with Gasteiger partial charge in [-0.25, -0.2) is 0 Å². The van der Waals surface area contributed by atoms with Gasteiger partial charge in [-0.2, -0.15) is 8.42 Å². The van der Waals surface area contributed by atoms with Crippen molar-refractivity contribution in [1.29, 1.82) is 0 Å². The van der Waals surface area contributed by atoms with Crippen LogP contribution in [0.5, 0.6) is 0 Å². The maximum absolute atomic E-state index is 12.5. The maximum Gasteiger partial charge on any atom is 0.341 e. The van der Waals surface area contributed by atoms with E-state index in [-0.39, 0.29) is 4.21 Å². The van der Waals surface area contributed by atoms with E-state index in [0.717, 1.165) is 11.3 Å². The Morgan fingerprint density at radius 2 is 1.69 bits per heavy atom. The second-order valence-corrected chi connectivity index (χ2v) is 4.66.